The molecule has 3 rings (SSSR count). The van der Waals surface area contributed by atoms with Gasteiger partial charge in [-0.3, -0.25) is 14.4 Å². The molecule has 0 bridgehead atoms. The van der Waals surface area contributed by atoms with Crippen LogP contribution in [0.3, 0.4) is 0 Å². The van der Waals surface area contributed by atoms with E-state index in [0.29, 0.717) is 10.6 Å². The van der Waals surface area contributed by atoms with E-state index in [0.717, 1.165) is 24.8 Å². The van der Waals surface area contributed by atoms with E-state index in [-0.39, 0.29) is 31.3 Å². The van der Waals surface area contributed by atoms with E-state index in [1.54, 1.807) is 13.0 Å². The molecule has 1 amide bonds. The molecule has 5 nitrogen and oxygen atoms in total. The average Bonchev–Trinajstić information content (AvgIpc) is 3.18. The Labute approximate surface area is 175 Å². The van der Waals surface area contributed by atoms with Crippen molar-refractivity contribution in [1.82, 2.24) is 5.32 Å². The maximum atomic E-state index is 12.3. The van der Waals surface area contributed by atoms with Gasteiger partial charge in [-0.05, 0) is 55.0 Å². The molecule has 0 fully saturated rings. The van der Waals surface area contributed by atoms with Crippen molar-refractivity contribution in [2.45, 2.75) is 45.1 Å². The summed E-state index contributed by atoms with van der Waals surface area (Å²) >= 11 is 6.11. The Hall–Kier alpha value is -2.66. The van der Waals surface area contributed by atoms with Crippen molar-refractivity contribution in [2.24, 2.45) is 0 Å². The van der Waals surface area contributed by atoms with Gasteiger partial charge in [0.1, 0.15) is 0 Å². The number of hydrogen-bond donors (Lipinski definition) is 1. The Kier molecular flexibility index (Phi) is 7.04. The number of fused-ring (bicyclic) bond motifs is 1. The van der Waals surface area contributed by atoms with Gasteiger partial charge in [-0.2, -0.15) is 0 Å². The van der Waals surface area contributed by atoms with E-state index < -0.39 is 11.9 Å². The highest BCUT2D eigenvalue weighted by atomic mass is 35.5. The summed E-state index contributed by atoms with van der Waals surface area (Å²) < 4.78 is 4.99. The maximum Gasteiger partial charge on any atom is 0.306 e. The topological polar surface area (TPSA) is 72.5 Å². The molecule has 6 heteroatoms. The molecule has 0 radical (unpaired) electrons. The number of ketones is 1. The molecule has 0 saturated heterocycles. The second-order valence-corrected chi connectivity index (χ2v) is 7.64. The molecule has 0 aromatic heterocycles. The van der Waals surface area contributed by atoms with Gasteiger partial charge in [-0.15, -0.1) is 0 Å². The van der Waals surface area contributed by atoms with Crippen LogP contribution in [0.5, 0.6) is 0 Å². The van der Waals surface area contributed by atoms with Crippen LogP contribution >= 0.6 is 11.6 Å². The zero-order chi connectivity index (χ0) is 20.8. The maximum absolute atomic E-state index is 12.3. The zero-order valence-corrected chi connectivity index (χ0v) is 17.1. The number of amides is 1. The number of benzene rings is 2. The molecule has 152 valence electrons. The summed E-state index contributed by atoms with van der Waals surface area (Å²) in [7, 11) is 0. The van der Waals surface area contributed by atoms with Gasteiger partial charge in [0.2, 0.25) is 0 Å². The highest BCUT2D eigenvalue weighted by molar-refractivity contribution is 6.31. The van der Waals surface area contributed by atoms with Crippen LogP contribution in [0, 0.1) is 0 Å². The first-order valence-corrected chi connectivity index (χ1v) is 10.2. The highest BCUT2D eigenvalue weighted by Crippen LogP contribution is 2.24. The number of ether oxygens (including phenoxy) is 1. The lowest BCUT2D eigenvalue weighted by molar-refractivity contribution is -0.148. The molecule has 1 N–H and O–H groups in total. The van der Waals surface area contributed by atoms with Crippen molar-refractivity contribution in [3.05, 3.63) is 69.7 Å². The summed E-state index contributed by atoms with van der Waals surface area (Å²) in [5, 5.41) is 3.30. The fraction of sp³-hybridized carbons (Fsp3) is 0.348. The molecule has 2 aromatic carbocycles. The number of carbonyl (C=O) groups excluding carboxylic acids is 3. The van der Waals surface area contributed by atoms with Crippen molar-refractivity contribution < 1.29 is 19.1 Å². The number of aryl methyl sites for hydroxylation is 2. The molecule has 0 aliphatic heterocycles. The third-order valence-electron chi connectivity index (χ3n) is 5.09. The molecular formula is C23H24ClNO4. The normalized spacial score (nSPS) is 13.4. The molecule has 1 aliphatic carbocycles. The predicted octanol–water partition coefficient (Wildman–Crippen LogP) is 4.21. The number of Topliss-reactive ketones (excluding diaryl/α,β-unsaturated/α-hetero) is 1. The molecule has 0 heterocycles. The smallest absolute Gasteiger partial charge is 0.306 e. The Morgan fingerprint density at radius 1 is 1.07 bits per heavy atom. The number of halogens is 1. The van der Waals surface area contributed by atoms with E-state index in [1.807, 2.05) is 36.4 Å². The second-order valence-electron chi connectivity index (χ2n) is 7.23. The minimum absolute atomic E-state index is 0.0523. The van der Waals surface area contributed by atoms with Crippen LogP contribution in [0.15, 0.2) is 42.5 Å². The van der Waals surface area contributed by atoms with Gasteiger partial charge in [0.25, 0.3) is 5.91 Å². The van der Waals surface area contributed by atoms with Crippen LogP contribution in [0.2, 0.25) is 5.02 Å². The predicted molar refractivity (Wildman–Crippen MR) is 111 cm³/mol. The zero-order valence-electron chi connectivity index (χ0n) is 16.4. The Morgan fingerprint density at radius 2 is 1.83 bits per heavy atom. The fourth-order valence-electron chi connectivity index (χ4n) is 3.51. The van der Waals surface area contributed by atoms with Gasteiger partial charge in [0, 0.05) is 17.0 Å². The molecule has 2 aromatic rings. The van der Waals surface area contributed by atoms with E-state index in [4.69, 9.17) is 16.3 Å². The van der Waals surface area contributed by atoms with Gasteiger partial charge in [-0.1, -0.05) is 41.9 Å². The van der Waals surface area contributed by atoms with Crippen LogP contribution in [0.1, 0.15) is 59.3 Å². The van der Waals surface area contributed by atoms with Crippen molar-refractivity contribution in [2.75, 3.05) is 6.61 Å². The summed E-state index contributed by atoms with van der Waals surface area (Å²) in [6.45, 7) is 1.41. The van der Waals surface area contributed by atoms with Crippen molar-refractivity contribution in [3.63, 3.8) is 0 Å². The summed E-state index contributed by atoms with van der Waals surface area (Å²) in [4.78, 5) is 36.2. The van der Waals surface area contributed by atoms with E-state index in [9.17, 15) is 14.4 Å². The van der Waals surface area contributed by atoms with Crippen LogP contribution in [0.4, 0.5) is 0 Å². The molecule has 29 heavy (non-hydrogen) atoms. The molecule has 1 atom stereocenters. The summed E-state index contributed by atoms with van der Waals surface area (Å²) in [5.74, 6) is -1.08. The average molecular weight is 414 g/mol. The van der Waals surface area contributed by atoms with Gasteiger partial charge in [0.15, 0.2) is 12.4 Å². The second kappa shape index (κ2) is 9.70. The number of esters is 1. The van der Waals surface area contributed by atoms with Gasteiger partial charge >= 0.3 is 5.97 Å². The largest absolute Gasteiger partial charge is 0.456 e. The lowest BCUT2D eigenvalue weighted by atomic mass is 10.0. The standard InChI is InChI=1S/C23H24ClNO4/c1-15(19-7-2-3-8-20(19)24)25-22(27)14-29-23(28)12-11-21(26)18-10-9-16-5-4-6-17(16)13-18/h2-3,7-10,13,15H,4-6,11-12,14H2,1H3,(H,25,27)/t15-/m0/s1. The first kappa shape index (κ1) is 21.1. The van der Waals surface area contributed by atoms with Crippen LogP contribution in [0.25, 0.3) is 0 Å². The van der Waals surface area contributed by atoms with Gasteiger partial charge in [-0.25, -0.2) is 0 Å². The van der Waals surface area contributed by atoms with Crippen LogP contribution < -0.4 is 5.32 Å². The first-order valence-electron chi connectivity index (χ1n) is 9.78. The minimum Gasteiger partial charge on any atom is -0.456 e. The number of nitrogens with one attached hydrogen (secondary N) is 1. The lowest BCUT2D eigenvalue weighted by Gasteiger charge is -2.15. The van der Waals surface area contributed by atoms with E-state index in [1.165, 1.54) is 11.1 Å². The molecule has 1 aliphatic rings. The first-order chi connectivity index (χ1) is 13.9. The monoisotopic (exact) mass is 413 g/mol. The van der Waals surface area contributed by atoms with Crippen LogP contribution in [-0.2, 0) is 27.2 Å². The Bertz CT molecular complexity index is 925. The van der Waals surface area contributed by atoms with Crippen molar-refractivity contribution in [1.29, 1.82) is 0 Å². The van der Waals surface area contributed by atoms with Gasteiger partial charge in [0.05, 0.1) is 12.5 Å². The summed E-state index contributed by atoms with van der Waals surface area (Å²) in [5.41, 5.74) is 3.94. The number of rotatable bonds is 8. The molecule has 0 spiro atoms. The van der Waals surface area contributed by atoms with Crippen molar-refractivity contribution in [3.8, 4) is 0 Å². The number of carbonyl (C=O) groups is 3. The third-order valence-corrected chi connectivity index (χ3v) is 5.43. The van der Waals surface area contributed by atoms with Crippen molar-refractivity contribution >= 4 is 29.3 Å². The van der Waals surface area contributed by atoms with Crippen LogP contribution in [-0.4, -0.2) is 24.3 Å². The van der Waals surface area contributed by atoms with E-state index in [2.05, 4.69) is 5.32 Å². The van der Waals surface area contributed by atoms with E-state index >= 15 is 0 Å². The molecule has 0 unspecified atom stereocenters. The van der Waals surface area contributed by atoms with Gasteiger partial charge < -0.3 is 10.1 Å². The Morgan fingerprint density at radius 3 is 2.62 bits per heavy atom. The fourth-order valence-corrected chi connectivity index (χ4v) is 3.81. The summed E-state index contributed by atoms with van der Waals surface area (Å²) in [6, 6.07) is 12.7. The quantitative estimate of drug-likeness (QED) is 0.519. The SMILES string of the molecule is C[C@H](NC(=O)COC(=O)CCC(=O)c1ccc2c(c1)CCC2)c1ccccc1Cl. The highest BCUT2D eigenvalue weighted by Gasteiger charge is 2.17. The molecular weight excluding hydrogens is 390 g/mol. The Balaban J connectivity index is 1.41. The third kappa shape index (κ3) is 5.67. The minimum atomic E-state index is -0.569. The molecule has 0 saturated carbocycles. The number of hydrogen-bond acceptors (Lipinski definition) is 4. The lowest BCUT2D eigenvalue weighted by Crippen LogP contribution is -2.31. The summed E-state index contributed by atoms with van der Waals surface area (Å²) in [6.07, 6.45) is 3.20.